The molecule has 27 heavy (non-hydrogen) atoms. The van der Waals surface area contributed by atoms with Crippen molar-refractivity contribution < 1.29 is 23.8 Å². The van der Waals surface area contributed by atoms with Crippen LogP contribution in [0.15, 0.2) is 22.7 Å². The Morgan fingerprint density at radius 3 is 2.41 bits per heavy atom. The van der Waals surface area contributed by atoms with Crippen molar-refractivity contribution in [2.45, 2.75) is 50.8 Å². The van der Waals surface area contributed by atoms with Gasteiger partial charge in [-0.25, -0.2) is 0 Å². The van der Waals surface area contributed by atoms with Gasteiger partial charge in [0.25, 0.3) is 0 Å². The van der Waals surface area contributed by atoms with Crippen LogP contribution in [0.5, 0.6) is 5.75 Å². The molecule has 1 aromatic carbocycles. The van der Waals surface area contributed by atoms with Gasteiger partial charge >= 0.3 is 5.97 Å². The van der Waals surface area contributed by atoms with E-state index in [4.69, 9.17) is 14.2 Å². The molecule has 0 aliphatic carbocycles. The van der Waals surface area contributed by atoms with Crippen molar-refractivity contribution in [2.24, 2.45) is 0 Å². The minimum absolute atomic E-state index is 0.0968. The Balaban J connectivity index is 2.55. The molecule has 0 fully saturated rings. The highest BCUT2D eigenvalue weighted by Crippen LogP contribution is 2.35. The molecule has 7 heteroatoms. The largest absolute Gasteiger partial charge is 0.490 e. The van der Waals surface area contributed by atoms with E-state index in [0.29, 0.717) is 31.1 Å². The first-order chi connectivity index (χ1) is 12.8. The molecular weight excluding hydrogens is 480 g/mol. The van der Waals surface area contributed by atoms with Crippen molar-refractivity contribution in [3.8, 4) is 5.75 Å². The van der Waals surface area contributed by atoms with Gasteiger partial charge in [-0.3, -0.25) is 9.59 Å². The Bertz CT molecular complexity index is 620. The van der Waals surface area contributed by atoms with Crippen molar-refractivity contribution in [1.29, 1.82) is 0 Å². The number of Topliss-reactive ketones (excluding diaryl/α,β-unsaturated/α-hetero) is 1. The van der Waals surface area contributed by atoms with Gasteiger partial charge in [0.05, 0.1) is 22.0 Å². The van der Waals surface area contributed by atoms with E-state index >= 15 is 0 Å². The van der Waals surface area contributed by atoms with Gasteiger partial charge < -0.3 is 14.2 Å². The molecule has 1 rings (SSSR count). The van der Waals surface area contributed by atoms with Crippen molar-refractivity contribution in [3.05, 3.63) is 28.2 Å². The van der Waals surface area contributed by atoms with Crippen LogP contribution in [0.3, 0.4) is 0 Å². The fourth-order valence-electron chi connectivity index (χ4n) is 2.48. The highest BCUT2D eigenvalue weighted by molar-refractivity contribution is 9.10. The number of carbonyl (C=O) groups is 2. The smallest absolute Gasteiger partial charge is 0.302 e. The second-order valence-electron chi connectivity index (χ2n) is 6.20. The van der Waals surface area contributed by atoms with E-state index in [9.17, 15) is 9.59 Å². The first-order valence-corrected chi connectivity index (χ1v) is 10.8. The first kappa shape index (κ1) is 24.1. The zero-order valence-corrected chi connectivity index (χ0v) is 19.4. The Labute approximate surface area is 178 Å². The number of esters is 1. The summed E-state index contributed by atoms with van der Waals surface area (Å²) in [5.74, 6) is 0.429. The number of benzene rings is 1. The lowest BCUT2D eigenvalue weighted by molar-refractivity contribution is -0.142. The van der Waals surface area contributed by atoms with E-state index < -0.39 is 4.32 Å². The molecule has 5 nitrogen and oxygen atoms in total. The van der Waals surface area contributed by atoms with Crippen LogP contribution in [-0.4, -0.2) is 42.5 Å². The third kappa shape index (κ3) is 8.32. The summed E-state index contributed by atoms with van der Waals surface area (Å²) in [5, 5.41) is 0. The average molecular weight is 508 g/mol. The molecule has 0 aliphatic rings. The Hall–Kier alpha value is -0.920. The Kier molecular flexibility index (Phi) is 11.2. The van der Waals surface area contributed by atoms with E-state index in [0.717, 1.165) is 30.2 Å². The predicted molar refractivity (Wildman–Crippen MR) is 113 cm³/mol. The van der Waals surface area contributed by atoms with Crippen molar-refractivity contribution in [2.75, 3.05) is 26.4 Å². The summed E-state index contributed by atoms with van der Waals surface area (Å²) in [6.07, 6.45) is 3.62. The number of hydrogen-bond acceptors (Lipinski definition) is 5. The standard InChI is InChI=1S/C20H28Br2O5/c1-4-6-9-20(22,5-2)19(24)16-7-8-18(17(21)14-16)27-13-11-25-10-12-26-15(3)23/h7-8,14H,4-6,9-13H2,1-3H3. The van der Waals surface area contributed by atoms with E-state index in [-0.39, 0.29) is 18.4 Å². The molecule has 152 valence electrons. The zero-order valence-electron chi connectivity index (χ0n) is 16.2. The van der Waals surface area contributed by atoms with E-state index in [2.05, 4.69) is 38.8 Å². The molecule has 0 radical (unpaired) electrons. The maximum absolute atomic E-state index is 12.9. The van der Waals surface area contributed by atoms with E-state index in [1.54, 1.807) is 18.2 Å². The number of alkyl halides is 1. The summed E-state index contributed by atoms with van der Waals surface area (Å²) in [6.45, 7) is 6.82. The molecule has 1 unspecified atom stereocenters. The number of carbonyl (C=O) groups excluding carboxylic acids is 2. The van der Waals surface area contributed by atoms with E-state index in [1.165, 1.54) is 6.92 Å². The predicted octanol–water partition coefficient (Wildman–Crippen LogP) is 5.32. The van der Waals surface area contributed by atoms with Gasteiger partial charge in [0, 0.05) is 12.5 Å². The normalized spacial score (nSPS) is 13.1. The van der Waals surface area contributed by atoms with Gasteiger partial charge in [-0.15, -0.1) is 0 Å². The number of unbranched alkanes of at least 4 members (excludes halogenated alkanes) is 1. The lowest BCUT2D eigenvalue weighted by Gasteiger charge is -2.24. The Morgan fingerprint density at radius 2 is 1.81 bits per heavy atom. The molecule has 0 saturated carbocycles. The molecule has 1 aromatic rings. The lowest BCUT2D eigenvalue weighted by Crippen LogP contribution is -2.31. The number of ketones is 1. The van der Waals surface area contributed by atoms with Crippen LogP contribution >= 0.6 is 31.9 Å². The second kappa shape index (κ2) is 12.5. The molecule has 0 aromatic heterocycles. The molecule has 1 atom stereocenters. The van der Waals surface area contributed by atoms with Gasteiger partial charge in [-0.1, -0.05) is 42.6 Å². The maximum atomic E-state index is 12.9. The van der Waals surface area contributed by atoms with Crippen LogP contribution in [0.1, 0.15) is 56.8 Å². The second-order valence-corrected chi connectivity index (χ2v) is 8.57. The van der Waals surface area contributed by atoms with Crippen LogP contribution in [0.25, 0.3) is 0 Å². The van der Waals surface area contributed by atoms with Gasteiger partial charge in [-0.05, 0) is 47.0 Å². The lowest BCUT2D eigenvalue weighted by atomic mass is 9.90. The van der Waals surface area contributed by atoms with Crippen LogP contribution in [0, 0.1) is 0 Å². The zero-order chi connectivity index (χ0) is 20.3. The van der Waals surface area contributed by atoms with Crippen LogP contribution in [0.4, 0.5) is 0 Å². The van der Waals surface area contributed by atoms with Crippen LogP contribution in [0.2, 0.25) is 0 Å². The Morgan fingerprint density at radius 1 is 1.11 bits per heavy atom. The molecular formula is C20H28Br2O5. The number of halogens is 2. The van der Waals surface area contributed by atoms with Gasteiger partial charge in [0.1, 0.15) is 19.0 Å². The molecule has 0 heterocycles. The minimum atomic E-state index is -0.513. The average Bonchev–Trinajstić information content (AvgIpc) is 2.65. The molecule has 0 N–H and O–H groups in total. The number of ether oxygens (including phenoxy) is 3. The first-order valence-electron chi connectivity index (χ1n) is 9.21. The molecule has 0 bridgehead atoms. The van der Waals surface area contributed by atoms with Gasteiger partial charge in [0.15, 0.2) is 5.78 Å². The molecule has 0 aliphatic heterocycles. The fraction of sp³-hybridized carbons (Fsp3) is 0.600. The quantitative estimate of drug-likeness (QED) is 0.156. The third-order valence-corrected chi connectivity index (χ3v) is 6.04. The summed E-state index contributed by atoms with van der Waals surface area (Å²) >= 11 is 7.14. The SMILES string of the molecule is CCCCC(Br)(CC)C(=O)c1ccc(OCCOCCOC(C)=O)c(Br)c1. The molecule has 0 saturated heterocycles. The molecule has 0 spiro atoms. The van der Waals surface area contributed by atoms with Crippen LogP contribution < -0.4 is 4.74 Å². The monoisotopic (exact) mass is 506 g/mol. The topological polar surface area (TPSA) is 61.8 Å². The molecule has 0 amide bonds. The maximum Gasteiger partial charge on any atom is 0.302 e. The summed E-state index contributed by atoms with van der Waals surface area (Å²) in [4.78, 5) is 23.5. The highest BCUT2D eigenvalue weighted by Gasteiger charge is 2.33. The summed E-state index contributed by atoms with van der Waals surface area (Å²) in [7, 11) is 0. The summed E-state index contributed by atoms with van der Waals surface area (Å²) < 4.78 is 16.0. The highest BCUT2D eigenvalue weighted by atomic mass is 79.9. The van der Waals surface area contributed by atoms with E-state index in [1.807, 2.05) is 6.92 Å². The minimum Gasteiger partial charge on any atom is -0.490 e. The van der Waals surface area contributed by atoms with Crippen molar-refractivity contribution in [3.63, 3.8) is 0 Å². The summed E-state index contributed by atoms with van der Waals surface area (Å²) in [6, 6.07) is 5.39. The van der Waals surface area contributed by atoms with Crippen LogP contribution in [-0.2, 0) is 14.3 Å². The van der Waals surface area contributed by atoms with Gasteiger partial charge in [0.2, 0.25) is 0 Å². The summed E-state index contributed by atoms with van der Waals surface area (Å²) in [5.41, 5.74) is 0.654. The fourth-order valence-corrected chi connectivity index (χ4v) is 3.49. The van der Waals surface area contributed by atoms with Gasteiger partial charge in [-0.2, -0.15) is 0 Å². The van der Waals surface area contributed by atoms with Crippen molar-refractivity contribution in [1.82, 2.24) is 0 Å². The van der Waals surface area contributed by atoms with Crippen molar-refractivity contribution >= 4 is 43.6 Å². The number of hydrogen-bond donors (Lipinski definition) is 0. The number of rotatable bonds is 13. The third-order valence-electron chi connectivity index (χ3n) is 4.11.